The number of nitrogens with zero attached hydrogens (tertiary/aromatic N) is 1. The van der Waals surface area contributed by atoms with E-state index in [1.165, 1.54) is 16.7 Å². The SMILES string of the molecule is CCOC(=O)OC(=O)[C@@H]1CS[C@H](c2ccccc2)N1C(=O)OCC. The molecule has 7 nitrogen and oxygen atoms in total. The molecule has 0 unspecified atom stereocenters. The van der Waals surface area contributed by atoms with Crippen LogP contribution in [0.4, 0.5) is 9.59 Å². The van der Waals surface area contributed by atoms with Crippen LogP contribution in [-0.4, -0.2) is 48.1 Å². The van der Waals surface area contributed by atoms with Gasteiger partial charge in [0.2, 0.25) is 0 Å². The number of thioether (sulfide) groups is 1. The van der Waals surface area contributed by atoms with Gasteiger partial charge in [0, 0.05) is 5.75 Å². The molecule has 0 radical (unpaired) electrons. The van der Waals surface area contributed by atoms with E-state index in [0.717, 1.165) is 5.56 Å². The lowest BCUT2D eigenvalue weighted by Crippen LogP contribution is -2.44. The van der Waals surface area contributed by atoms with Crippen molar-refractivity contribution < 1.29 is 28.6 Å². The maximum atomic E-state index is 12.3. The maximum absolute atomic E-state index is 12.3. The van der Waals surface area contributed by atoms with Gasteiger partial charge in [0.05, 0.1) is 13.2 Å². The van der Waals surface area contributed by atoms with Gasteiger partial charge in [-0.1, -0.05) is 30.3 Å². The van der Waals surface area contributed by atoms with Gasteiger partial charge in [-0.3, -0.25) is 4.90 Å². The Morgan fingerprint density at radius 2 is 1.79 bits per heavy atom. The van der Waals surface area contributed by atoms with Crippen LogP contribution in [0.3, 0.4) is 0 Å². The minimum Gasteiger partial charge on any atom is -0.450 e. The van der Waals surface area contributed by atoms with E-state index in [2.05, 4.69) is 9.47 Å². The van der Waals surface area contributed by atoms with Gasteiger partial charge in [-0.05, 0) is 19.4 Å². The average molecular weight is 353 g/mol. The second kappa shape index (κ2) is 8.58. The zero-order valence-electron chi connectivity index (χ0n) is 13.5. The normalized spacial score (nSPS) is 19.7. The molecule has 0 saturated carbocycles. The van der Waals surface area contributed by atoms with Crippen molar-refractivity contribution in [1.82, 2.24) is 4.90 Å². The summed E-state index contributed by atoms with van der Waals surface area (Å²) in [6, 6.07) is 8.38. The van der Waals surface area contributed by atoms with E-state index in [9.17, 15) is 14.4 Å². The molecule has 1 fully saturated rings. The molecule has 1 amide bonds. The molecular formula is C16H19NO6S. The van der Waals surface area contributed by atoms with Crippen molar-refractivity contribution in [3.63, 3.8) is 0 Å². The summed E-state index contributed by atoms with van der Waals surface area (Å²) < 4.78 is 14.3. The van der Waals surface area contributed by atoms with Gasteiger partial charge < -0.3 is 14.2 Å². The Kier molecular flexibility index (Phi) is 6.48. The van der Waals surface area contributed by atoms with Gasteiger partial charge >= 0.3 is 18.2 Å². The highest BCUT2D eigenvalue weighted by molar-refractivity contribution is 7.99. The Hall–Kier alpha value is -2.22. The molecule has 2 rings (SSSR count). The van der Waals surface area contributed by atoms with E-state index in [1.54, 1.807) is 13.8 Å². The van der Waals surface area contributed by atoms with E-state index in [0.29, 0.717) is 5.75 Å². The lowest BCUT2D eigenvalue weighted by molar-refractivity contribution is -0.144. The first kappa shape index (κ1) is 18.1. The summed E-state index contributed by atoms with van der Waals surface area (Å²) in [6.45, 7) is 3.57. The van der Waals surface area contributed by atoms with E-state index in [1.807, 2.05) is 30.3 Å². The number of ether oxygens (including phenoxy) is 3. The quantitative estimate of drug-likeness (QED) is 0.608. The Morgan fingerprint density at radius 1 is 1.12 bits per heavy atom. The van der Waals surface area contributed by atoms with Crippen LogP contribution in [0.25, 0.3) is 0 Å². The third-order valence-corrected chi connectivity index (χ3v) is 4.61. The average Bonchev–Trinajstić information content (AvgIpc) is 3.01. The zero-order chi connectivity index (χ0) is 17.5. The molecule has 0 bridgehead atoms. The number of carbonyl (C=O) groups excluding carboxylic acids is 3. The molecular weight excluding hydrogens is 334 g/mol. The molecule has 1 aliphatic rings. The topological polar surface area (TPSA) is 82.1 Å². The van der Waals surface area contributed by atoms with Crippen LogP contribution >= 0.6 is 11.8 Å². The molecule has 1 aromatic rings. The van der Waals surface area contributed by atoms with Crippen LogP contribution in [0.15, 0.2) is 30.3 Å². The summed E-state index contributed by atoms with van der Waals surface area (Å²) in [6.07, 6.45) is -1.69. The first-order chi connectivity index (χ1) is 11.6. The molecule has 0 aliphatic carbocycles. The predicted molar refractivity (Wildman–Crippen MR) is 87.4 cm³/mol. The Morgan fingerprint density at radius 3 is 2.42 bits per heavy atom. The van der Waals surface area contributed by atoms with Gasteiger partial charge in [-0.15, -0.1) is 11.8 Å². The maximum Gasteiger partial charge on any atom is 0.516 e. The highest BCUT2D eigenvalue weighted by atomic mass is 32.2. The number of amides is 1. The number of carbonyl (C=O) groups is 3. The van der Waals surface area contributed by atoms with Crippen LogP contribution in [-0.2, 0) is 19.0 Å². The van der Waals surface area contributed by atoms with E-state index >= 15 is 0 Å². The number of esters is 1. The molecule has 1 aliphatic heterocycles. The van der Waals surface area contributed by atoms with Crippen molar-refractivity contribution in [1.29, 1.82) is 0 Å². The number of hydrogen-bond donors (Lipinski definition) is 0. The molecule has 0 spiro atoms. The third-order valence-electron chi connectivity index (χ3n) is 3.28. The Labute approximate surface area is 144 Å². The van der Waals surface area contributed by atoms with Crippen LogP contribution in [0.5, 0.6) is 0 Å². The van der Waals surface area contributed by atoms with E-state index in [4.69, 9.17) is 4.74 Å². The molecule has 1 saturated heterocycles. The Bertz CT molecular complexity index is 593. The van der Waals surface area contributed by atoms with Crippen LogP contribution < -0.4 is 0 Å². The first-order valence-corrected chi connectivity index (χ1v) is 8.63. The third kappa shape index (κ3) is 4.19. The predicted octanol–water partition coefficient (Wildman–Crippen LogP) is 2.96. The minimum absolute atomic E-state index is 0.0970. The zero-order valence-corrected chi connectivity index (χ0v) is 14.3. The Balaban J connectivity index is 2.19. The molecule has 0 N–H and O–H groups in total. The van der Waals surface area contributed by atoms with Crippen LogP contribution in [0.2, 0.25) is 0 Å². The second-order valence-corrected chi connectivity index (χ2v) is 5.94. The molecule has 130 valence electrons. The number of hydrogen-bond acceptors (Lipinski definition) is 7. The molecule has 24 heavy (non-hydrogen) atoms. The fourth-order valence-electron chi connectivity index (χ4n) is 2.28. The second-order valence-electron chi connectivity index (χ2n) is 4.82. The van der Waals surface area contributed by atoms with Crippen molar-refractivity contribution in [3.05, 3.63) is 35.9 Å². The number of rotatable bonds is 4. The van der Waals surface area contributed by atoms with Gasteiger partial charge in [0.15, 0.2) is 0 Å². The molecule has 8 heteroatoms. The van der Waals surface area contributed by atoms with Crippen LogP contribution in [0.1, 0.15) is 24.8 Å². The first-order valence-electron chi connectivity index (χ1n) is 7.58. The summed E-state index contributed by atoms with van der Waals surface area (Å²) in [7, 11) is 0. The molecule has 1 aromatic carbocycles. The fourth-order valence-corrected chi connectivity index (χ4v) is 3.69. The smallest absolute Gasteiger partial charge is 0.450 e. The van der Waals surface area contributed by atoms with Gasteiger partial charge in [-0.2, -0.15) is 0 Å². The highest BCUT2D eigenvalue weighted by Crippen LogP contribution is 2.42. The summed E-state index contributed by atoms with van der Waals surface area (Å²) in [5, 5.41) is -0.384. The highest BCUT2D eigenvalue weighted by Gasteiger charge is 2.44. The van der Waals surface area contributed by atoms with E-state index < -0.39 is 24.3 Å². The fraction of sp³-hybridized carbons (Fsp3) is 0.438. The van der Waals surface area contributed by atoms with E-state index in [-0.39, 0.29) is 18.6 Å². The van der Waals surface area contributed by atoms with Crippen molar-refractivity contribution >= 4 is 30.0 Å². The summed E-state index contributed by atoms with van der Waals surface area (Å²) in [5.74, 6) is -0.524. The van der Waals surface area contributed by atoms with Crippen molar-refractivity contribution in [2.75, 3.05) is 19.0 Å². The van der Waals surface area contributed by atoms with Crippen molar-refractivity contribution in [2.45, 2.75) is 25.3 Å². The van der Waals surface area contributed by atoms with Gasteiger partial charge in [-0.25, -0.2) is 14.4 Å². The lowest BCUT2D eigenvalue weighted by atomic mass is 10.2. The standard InChI is InChI=1S/C16H19NO6S/c1-3-21-15(19)17-12(14(18)23-16(20)22-4-2)10-24-13(17)11-8-6-5-7-9-11/h5-9,12-13H,3-4,10H2,1-2H3/t12-,13+/m0/s1. The van der Waals surface area contributed by atoms with Gasteiger partial charge in [0.25, 0.3) is 0 Å². The summed E-state index contributed by atoms with van der Waals surface area (Å²) >= 11 is 1.41. The van der Waals surface area contributed by atoms with Crippen molar-refractivity contribution in [3.8, 4) is 0 Å². The number of benzene rings is 1. The van der Waals surface area contributed by atoms with Crippen molar-refractivity contribution in [2.24, 2.45) is 0 Å². The minimum atomic E-state index is -1.07. The molecule has 2 atom stereocenters. The van der Waals surface area contributed by atoms with Crippen LogP contribution in [0, 0.1) is 0 Å². The summed E-state index contributed by atoms with van der Waals surface area (Å²) in [5.41, 5.74) is 0.863. The molecule has 0 aromatic heterocycles. The van der Waals surface area contributed by atoms with Gasteiger partial charge in [0.1, 0.15) is 11.4 Å². The monoisotopic (exact) mass is 353 g/mol. The molecule has 1 heterocycles. The largest absolute Gasteiger partial charge is 0.516 e. The summed E-state index contributed by atoms with van der Waals surface area (Å²) in [4.78, 5) is 37.2. The lowest BCUT2D eigenvalue weighted by Gasteiger charge is -2.27.